The second-order valence-corrected chi connectivity index (χ2v) is 5.46. The molecule has 0 saturated carbocycles. The lowest BCUT2D eigenvalue weighted by molar-refractivity contribution is 0.0950. The molecule has 126 valence electrons. The van der Waals surface area contributed by atoms with E-state index in [0.717, 1.165) is 30.5 Å². The van der Waals surface area contributed by atoms with Gasteiger partial charge in [0, 0.05) is 0 Å². The van der Waals surface area contributed by atoms with Crippen molar-refractivity contribution >= 4 is 11.6 Å². The number of hydrogen-bond donors (Lipinski definition) is 1. The molecule has 0 heterocycles. The molecule has 0 bridgehead atoms. The van der Waals surface area contributed by atoms with Crippen LogP contribution in [0.25, 0.3) is 0 Å². The summed E-state index contributed by atoms with van der Waals surface area (Å²) in [5.41, 5.74) is 5.06. The van der Waals surface area contributed by atoms with Crippen molar-refractivity contribution in [2.45, 2.75) is 33.1 Å². The van der Waals surface area contributed by atoms with Crippen LogP contribution >= 0.6 is 0 Å². The van der Waals surface area contributed by atoms with E-state index in [9.17, 15) is 4.79 Å². The highest BCUT2D eigenvalue weighted by Gasteiger charge is 2.12. The number of carbonyl (C=O) groups excluding carboxylic acids is 1. The molecule has 0 aliphatic rings. The van der Waals surface area contributed by atoms with E-state index in [1.165, 1.54) is 0 Å². The molecule has 4 heteroatoms. The topological polar surface area (TPSA) is 50.7 Å². The first-order valence-corrected chi connectivity index (χ1v) is 8.40. The summed E-state index contributed by atoms with van der Waals surface area (Å²) in [6, 6.07) is 17.1. The quantitative estimate of drug-likeness (QED) is 0.577. The van der Waals surface area contributed by atoms with Gasteiger partial charge in [0.05, 0.1) is 17.9 Å². The van der Waals surface area contributed by atoms with E-state index < -0.39 is 0 Å². The number of benzene rings is 2. The molecule has 0 radical (unpaired) electrons. The molecule has 1 N–H and O–H groups in total. The van der Waals surface area contributed by atoms with Crippen LogP contribution in [0.2, 0.25) is 0 Å². The summed E-state index contributed by atoms with van der Waals surface area (Å²) >= 11 is 0. The lowest BCUT2D eigenvalue weighted by atomic mass is 10.1. The molecular weight excluding hydrogens is 300 g/mol. The average Bonchev–Trinajstić information content (AvgIpc) is 2.64. The number of rotatable bonds is 8. The predicted octanol–water partition coefficient (Wildman–Crippen LogP) is 4.41. The van der Waals surface area contributed by atoms with E-state index in [4.69, 9.17) is 4.74 Å². The Kier molecular flexibility index (Phi) is 7.02. The molecule has 24 heavy (non-hydrogen) atoms. The number of carbonyl (C=O) groups is 1. The average molecular weight is 324 g/mol. The summed E-state index contributed by atoms with van der Waals surface area (Å²) in [5.74, 6) is 0.329. The van der Waals surface area contributed by atoms with Crippen LogP contribution in [0.4, 0.5) is 0 Å². The first-order chi connectivity index (χ1) is 11.8. The Balaban J connectivity index is 2.16. The minimum absolute atomic E-state index is 0.258. The Labute approximate surface area is 143 Å². The van der Waals surface area contributed by atoms with E-state index in [2.05, 4.69) is 17.5 Å². The molecule has 4 nitrogen and oxygen atoms in total. The van der Waals surface area contributed by atoms with Gasteiger partial charge < -0.3 is 4.74 Å². The second kappa shape index (κ2) is 9.50. The minimum Gasteiger partial charge on any atom is -0.493 e. The fourth-order valence-corrected chi connectivity index (χ4v) is 2.30. The Morgan fingerprint density at radius 1 is 1.00 bits per heavy atom. The fraction of sp³-hybridized carbons (Fsp3) is 0.300. The first kappa shape index (κ1) is 17.7. The van der Waals surface area contributed by atoms with Crippen LogP contribution in [0.3, 0.4) is 0 Å². The third kappa shape index (κ3) is 4.95. The van der Waals surface area contributed by atoms with Crippen molar-refractivity contribution in [3.05, 3.63) is 65.7 Å². The SMILES string of the molecule is CCCOc1ccccc1C(=O)N/N=C(\CCC)c1ccccc1. The third-order valence-corrected chi connectivity index (χ3v) is 3.48. The van der Waals surface area contributed by atoms with Crippen molar-refractivity contribution in [3.8, 4) is 5.75 Å². The van der Waals surface area contributed by atoms with Gasteiger partial charge in [-0.2, -0.15) is 5.10 Å². The maximum absolute atomic E-state index is 12.5. The largest absolute Gasteiger partial charge is 0.493 e. The monoisotopic (exact) mass is 324 g/mol. The Bertz CT molecular complexity index is 681. The van der Waals surface area contributed by atoms with Gasteiger partial charge in [0.2, 0.25) is 0 Å². The molecule has 2 aromatic carbocycles. The van der Waals surface area contributed by atoms with Crippen LogP contribution in [0.5, 0.6) is 5.75 Å². The van der Waals surface area contributed by atoms with Crippen molar-refractivity contribution in [2.24, 2.45) is 5.10 Å². The molecule has 1 amide bonds. The molecule has 0 aliphatic heterocycles. The van der Waals surface area contributed by atoms with E-state index in [0.29, 0.717) is 17.9 Å². The summed E-state index contributed by atoms with van der Waals surface area (Å²) in [6.45, 7) is 4.71. The van der Waals surface area contributed by atoms with Gasteiger partial charge in [-0.25, -0.2) is 5.43 Å². The molecule has 0 spiro atoms. The van der Waals surface area contributed by atoms with Crippen molar-refractivity contribution in [1.82, 2.24) is 5.43 Å². The van der Waals surface area contributed by atoms with Crippen LogP contribution in [0.15, 0.2) is 59.7 Å². The second-order valence-electron chi connectivity index (χ2n) is 5.46. The Hall–Kier alpha value is -2.62. The van der Waals surface area contributed by atoms with Crippen LogP contribution < -0.4 is 10.2 Å². The lowest BCUT2D eigenvalue weighted by Gasteiger charge is -2.10. The van der Waals surface area contributed by atoms with Crippen LogP contribution in [-0.2, 0) is 0 Å². The zero-order valence-corrected chi connectivity index (χ0v) is 14.3. The standard InChI is InChI=1S/C20H24N2O2/c1-3-10-18(16-11-6-5-7-12-16)21-22-20(23)17-13-8-9-14-19(17)24-15-4-2/h5-9,11-14H,3-4,10,15H2,1-2H3,(H,22,23)/b21-18+. The summed E-state index contributed by atoms with van der Waals surface area (Å²) in [7, 11) is 0. The van der Waals surface area contributed by atoms with Gasteiger partial charge in [0.1, 0.15) is 5.75 Å². The number of nitrogens with zero attached hydrogens (tertiary/aromatic N) is 1. The molecule has 0 saturated heterocycles. The number of amides is 1. The fourth-order valence-electron chi connectivity index (χ4n) is 2.30. The van der Waals surface area contributed by atoms with Gasteiger partial charge >= 0.3 is 0 Å². The van der Waals surface area contributed by atoms with E-state index in [1.54, 1.807) is 12.1 Å². The van der Waals surface area contributed by atoms with Crippen molar-refractivity contribution in [3.63, 3.8) is 0 Å². The highest BCUT2D eigenvalue weighted by molar-refractivity contribution is 6.02. The van der Waals surface area contributed by atoms with E-state index >= 15 is 0 Å². The molecular formula is C20H24N2O2. The third-order valence-electron chi connectivity index (χ3n) is 3.48. The van der Waals surface area contributed by atoms with Crippen LogP contribution in [0, 0.1) is 0 Å². The Morgan fingerprint density at radius 3 is 2.42 bits per heavy atom. The molecule has 2 rings (SSSR count). The highest BCUT2D eigenvalue weighted by Crippen LogP contribution is 2.18. The zero-order chi connectivity index (χ0) is 17.2. The molecule has 0 aromatic heterocycles. The van der Waals surface area contributed by atoms with Gasteiger partial charge in [0.15, 0.2) is 0 Å². The number of ether oxygens (including phenoxy) is 1. The van der Waals surface area contributed by atoms with E-state index in [1.807, 2.05) is 49.4 Å². The molecule has 0 atom stereocenters. The van der Waals surface area contributed by atoms with Crippen molar-refractivity contribution in [2.75, 3.05) is 6.61 Å². The summed E-state index contributed by atoms with van der Waals surface area (Å²) in [5, 5.41) is 4.34. The minimum atomic E-state index is -0.258. The van der Waals surface area contributed by atoms with Gasteiger partial charge in [-0.05, 0) is 30.5 Å². The number of hydrogen-bond acceptors (Lipinski definition) is 3. The van der Waals surface area contributed by atoms with Crippen molar-refractivity contribution in [1.29, 1.82) is 0 Å². The van der Waals surface area contributed by atoms with E-state index in [-0.39, 0.29) is 5.91 Å². The van der Waals surface area contributed by atoms with Gasteiger partial charge in [-0.3, -0.25) is 4.79 Å². The molecule has 0 fully saturated rings. The van der Waals surface area contributed by atoms with Gasteiger partial charge in [0.25, 0.3) is 5.91 Å². The zero-order valence-electron chi connectivity index (χ0n) is 14.3. The van der Waals surface area contributed by atoms with Gasteiger partial charge in [-0.1, -0.05) is 62.7 Å². The predicted molar refractivity (Wildman–Crippen MR) is 97.6 cm³/mol. The molecule has 0 aliphatic carbocycles. The smallest absolute Gasteiger partial charge is 0.275 e. The number of hydrazone groups is 1. The lowest BCUT2D eigenvalue weighted by Crippen LogP contribution is -2.21. The summed E-state index contributed by atoms with van der Waals surface area (Å²) in [4.78, 5) is 12.5. The Morgan fingerprint density at radius 2 is 1.71 bits per heavy atom. The van der Waals surface area contributed by atoms with Crippen LogP contribution in [0.1, 0.15) is 49.0 Å². The van der Waals surface area contributed by atoms with Crippen molar-refractivity contribution < 1.29 is 9.53 Å². The summed E-state index contributed by atoms with van der Waals surface area (Å²) in [6.07, 6.45) is 2.65. The maximum Gasteiger partial charge on any atom is 0.275 e. The number of para-hydroxylation sites is 1. The number of nitrogens with one attached hydrogen (secondary N) is 1. The summed E-state index contributed by atoms with van der Waals surface area (Å²) < 4.78 is 5.64. The van der Waals surface area contributed by atoms with Crippen LogP contribution in [-0.4, -0.2) is 18.2 Å². The highest BCUT2D eigenvalue weighted by atomic mass is 16.5. The first-order valence-electron chi connectivity index (χ1n) is 8.40. The molecule has 0 unspecified atom stereocenters. The normalized spacial score (nSPS) is 11.2. The van der Waals surface area contributed by atoms with Gasteiger partial charge in [-0.15, -0.1) is 0 Å². The maximum atomic E-state index is 12.5. The molecule has 2 aromatic rings.